The molecule has 0 saturated heterocycles. The maximum Gasteiger partial charge on any atom is 0.252 e. The summed E-state index contributed by atoms with van der Waals surface area (Å²) in [5.74, 6) is 0.501. The molecule has 0 bridgehead atoms. The molecule has 0 radical (unpaired) electrons. The Bertz CT molecular complexity index is 316. The minimum Gasteiger partial charge on any atom is -0.352 e. The molecule has 0 aliphatic carbocycles. The fraction of sp³-hybridized carbons (Fsp3) is 0.500. The zero-order valence-corrected chi connectivity index (χ0v) is 11.0. The summed E-state index contributed by atoms with van der Waals surface area (Å²) in [4.78, 5) is 15.6. The number of carbonyl (C=O) groups is 1. The van der Waals surface area contributed by atoms with Gasteiger partial charge in [0.15, 0.2) is 0 Å². The lowest BCUT2D eigenvalue weighted by Gasteiger charge is -2.14. The van der Waals surface area contributed by atoms with Crippen LogP contribution in [-0.2, 0) is 0 Å². The third-order valence-electron chi connectivity index (χ3n) is 2.57. The van der Waals surface area contributed by atoms with Crippen LogP contribution in [0.15, 0.2) is 24.5 Å². The molecule has 0 fully saturated rings. The number of alkyl halides is 1. The molecule has 1 rings (SSSR count). The molecule has 88 valence electrons. The van der Waals surface area contributed by atoms with E-state index in [1.54, 1.807) is 24.5 Å². The summed E-state index contributed by atoms with van der Waals surface area (Å²) in [7, 11) is 0. The molecule has 0 saturated carbocycles. The summed E-state index contributed by atoms with van der Waals surface area (Å²) in [5.41, 5.74) is 0.621. The SMILES string of the molecule is CCC(CCBr)CNC(=O)c1cccnc1. The van der Waals surface area contributed by atoms with Gasteiger partial charge in [0.2, 0.25) is 0 Å². The van der Waals surface area contributed by atoms with E-state index in [4.69, 9.17) is 0 Å². The number of aromatic nitrogens is 1. The molecule has 1 N–H and O–H groups in total. The van der Waals surface area contributed by atoms with Crippen molar-refractivity contribution in [3.63, 3.8) is 0 Å². The van der Waals surface area contributed by atoms with Crippen molar-refractivity contribution in [2.24, 2.45) is 5.92 Å². The Labute approximate surface area is 105 Å². The predicted molar refractivity (Wildman–Crippen MR) is 68.8 cm³/mol. The highest BCUT2D eigenvalue weighted by Gasteiger charge is 2.09. The molecule has 1 atom stereocenters. The normalized spacial score (nSPS) is 12.1. The lowest BCUT2D eigenvalue weighted by molar-refractivity contribution is 0.0946. The van der Waals surface area contributed by atoms with Crippen LogP contribution in [-0.4, -0.2) is 22.8 Å². The molecule has 0 aromatic carbocycles. The average molecular weight is 285 g/mol. The van der Waals surface area contributed by atoms with E-state index < -0.39 is 0 Å². The highest BCUT2D eigenvalue weighted by Crippen LogP contribution is 2.08. The number of nitrogens with zero attached hydrogens (tertiary/aromatic N) is 1. The topological polar surface area (TPSA) is 42.0 Å². The minimum atomic E-state index is -0.0406. The lowest BCUT2D eigenvalue weighted by Crippen LogP contribution is -2.29. The smallest absolute Gasteiger partial charge is 0.252 e. The first-order valence-electron chi connectivity index (χ1n) is 5.52. The summed E-state index contributed by atoms with van der Waals surface area (Å²) >= 11 is 3.42. The minimum absolute atomic E-state index is 0.0406. The molecule has 4 heteroatoms. The number of rotatable bonds is 6. The van der Waals surface area contributed by atoms with Crippen LogP contribution in [0.2, 0.25) is 0 Å². The number of carbonyl (C=O) groups excluding carboxylic acids is 1. The summed E-state index contributed by atoms with van der Waals surface area (Å²) in [6.45, 7) is 2.87. The fourth-order valence-corrected chi connectivity index (χ4v) is 2.09. The number of nitrogens with one attached hydrogen (secondary N) is 1. The van der Waals surface area contributed by atoms with Gasteiger partial charge in [-0.05, 0) is 24.5 Å². The van der Waals surface area contributed by atoms with Crippen molar-refractivity contribution in [3.8, 4) is 0 Å². The third kappa shape index (κ3) is 4.31. The molecule has 1 aromatic rings. The van der Waals surface area contributed by atoms with Crippen molar-refractivity contribution < 1.29 is 4.79 Å². The predicted octanol–water partition coefficient (Wildman–Crippen LogP) is 2.62. The van der Waals surface area contributed by atoms with Crippen LogP contribution >= 0.6 is 15.9 Å². The van der Waals surface area contributed by atoms with Crippen molar-refractivity contribution >= 4 is 21.8 Å². The standard InChI is InChI=1S/C12H17BrN2O/c1-2-10(5-6-13)8-15-12(16)11-4-3-7-14-9-11/h3-4,7,9-10H,2,5-6,8H2,1H3,(H,15,16). The van der Waals surface area contributed by atoms with E-state index in [1.165, 1.54) is 0 Å². The summed E-state index contributed by atoms with van der Waals surface area (Å²) < 4.78 is 0. The van der Waals surface area contributed by atoms with Crippen LogP contribution in [0.5, 0.6) is 0 Å². The molecule has 0 aliphatic rings. The van der Waals surface area contributed by atoms with Crippen LogP contribution in [0.4, 0.5) is 0 Å². The van der Waals surface area contributed by atoms with Gasteiger partial charge in [0.1, 0.15) is 0 Å². The second-order valence-electron chi connectivity index (χ2n) is 3.70. The number of halogens is 1. The van der Waals surface area contributed by atoms with Crippen LogP contribution < -0.4 is 5.32 Å². The molecule has 3 nitrogen and oxygen atoms in total. The third-order valence-corrected chi connectivity index (χ3v) is 3.03. The zero-order valence-electron chi connectivity index (χ0n) is 9.45. The quantitative estimate of drug-likeness (QED) is 0.816. The van der Waals surface area contributed by atoms with E-state index in [0.29, 0.717) is 11.5 Å². The van der Waals surface area contributed by atoms with Crippen molar-refractivity contribution in [2.45, 2.75) is 19.8 Å². The Balaban J connectivity index is 2.40. The molecule has 0 aliphatic heterocycles. The highest BCUT2D eigenvalue weighted by molar-refractivity contribution is 9.09. The van der Waals surface area contributed by atoms with E-state index in [-0.39, 0.29) is 5.91 Å². The van der Waals surface area contributed by atoms with Gasteiger partial charge in [-0.15, -0.1) is 0 Å². The van der Waals surface area contributed by atoms with Crippen molar-refractivity contribution in [1.82, 2.24) is 10.3 Å². The van der Waals surface area contributed by atoms with Gasteiger partial charge in [0.05, 0.1) is 5.56 Å². The van der Waals surface area contributed by atoms with Crippen molar-refractivity contribution in [3.05, 3.63) is 30.1 Å². The fourth-order valence-electron chi connectivity index (χ4n) is 1.44. The first-order chi connectivity index (χ1) is 7.77. The highest BCUT2D eigenvalue weighted by atomic mass is 79.9. The largest absolute Gasteiger partial charge is 0.352 e. The van der Waals surface area contributed by atoms with Gasteiger partial charge in [-0.2, -0.15) is 0 Å². The molecule has 16 heavy (non-hydrogen) atoms. The first-order valence-corrected chi connectivity index (χ1v) is 6.64. The van der Waals surface area contributed by atoms with Crippen LogP contribution in [0, 0.1) is 5.92 Å². The molecule has 1 heterocycles. The van der Waals surface area contributed by atoms with E-state index in [1.807, 2.05) is 0 Å². The first kappa shape index (κ1) is 13.2. The monoisotopic (exact) mass is 284 g/mol. The Hall–Kier alpha value is -0.900. The summed E-state index contributed by atoms with van der Waals surface area (Å²) in [6.07, 6.45) is 5.42. The Morgan fingerprint density at radius 2 is 2.44 bits per heavy atom. The second kappa shape index (κ2) is 7.39. The lowest BCUT2D eigenvalue weighted by atomic mass is 10.0. The Morgan fingerprint density at radius 1 is 1.62 bits per heavy atom. The molecule has 1 amide bonds. The maximum absolute atomic E-state index is 11.7. The van der Waals surface area contributed by atoms with E-state index in [9.17, 15) is 4.79 Å². The molecule has 1 unspecified atom stereocenters. The van der Waals surface area contributed by atoms with E-state index in [0.717, 1.165) is 24.7 Å². The van der Waals surface area contributed by atoms with Gasteiger partial charge in [-0.25, -0.2) is 0 Å². The van der Waals surface area contributed by atoms with Gasteiger partial charge in [-0.3, -0.25) is 9.78 Å². The number of pyridine rings is 1. The molecule has 1 aromatic heterocycles. The number of hydrogen-bond acceptors (Lipinski definition) is 2. The van der Waals surface area contributed by atoms with Gasteiger partial charge < -0.3 is 5.32 Å². The van der Waals surface area contributed by atoms with Crippen LogP contribution in [0.1, 0.15) is 30.1 Å². The average Bonchev–Trinajstić information content (AvgIpc) is 2.35. The van der Waals surface area contributed by atoms with Gasteiger partial charge >= 0.3 is 0 Å². The Kier molecular flexibility index (Phi) is 6.08. The van der Waals surface area contributed by atoms with Crippen LogP contribution in [0.25, 0.3) is 0 Å². The molecular formula is C12H17BrN2O. The van der Waals surface area contributed by atoms with Crippen molar-refractivity contribution in [2.75, 3.05) is 11.9 Å². The van der Waals surface area contributed by atoms with E-state index >= 15 is 0 Å². The summed E-state index contributed by atoms with van der Waals surface area (Å²) in [5, 5.41) is 3.92. The van der Waals surface area contributed by atoms with Gasteiger partial charge in [0.25, 0.3) is 5.91 Å². The molecular weight excluding hydrogens is 268 g/mol. The number of amides is 1. The van der Waals surface area contributed by atoms with Gasteiger partial charge in [-0.1, -0.05) is 29.3 Å². The number of hydrogen-bond donors (Lipinski definition) is 1. The van der Waals surface area contributed by atoms with Crippen molar-refractivity contribution in [1.29, 1.82) is 0 Å². The maximum atomic E-state index is 11.7. The van der Waals surface area contributed by atoms with Gasteiger partial charge in [0, 0.05) is 24.3 Å². The Morgan fingerprint density at radius 3 is 3.00 bits per heavy atom. The zero-order chi connectivity index (χ0) is 11.8. The second-order valence-corrected chi connectivity index (χ2v) is 4.50. The van der Waals surface area contributed by atoms with E-state index in [2.05, 4.69) is 33.2 Å². The summed E-state index contributed by atoms with van der Waals surface area (Å²) in [6, 6.07) is 3.54. The molecule has 0 spiro atoms. The van der Waals surface area contributed by atoms with Crippen LogP contribution in [0.3, 0.4) is 0 Å².